The van der Waals surface area contributed by atoms with Crippen molar-refractivity contribution in [3.63, 3.8) is 0 Å². The lowest BCUT2D eigenvalue weighted by Crippen LogP contribution is -2.36. The first-order valence-corrected chi connectivity index (χ1v) is 7.76. The molecular formula is C16H22N4O4. The maximum atomic E-state index is 11.7. The van der Waals surface area contributed by atoms with Gasteiger partial charge in [-0.25, -0.2) is 0 Å². The molecular weight excluding hydrogens is 312 g/mol. The fourth-order valence-corrected chi connectivity index (χ4v) is 1.69. The van der Waals surface area contributed by atoms with Crippen molar-refractivity contribution >= 4 is 35.0 Å². The molecule has 0 bridgehead atoms. The molecule has 0 aromatic heterocycles. The lowest BCUT2D eigenvalue weighted by Gasteiger charge is -2.09. The van der Waals surface area contributed by atoms with E-state index in [4.69, 9.17) is 0 Å². The summed E-state index contributed by atoms with van der Waals surface area (Å²) in [7, 11) is 0. The molecule has 4 N–H and O–H groups in total. The van der Waals surface area contributed by atoms with Gasteiger partial charge in [0.15, 0.2) is 0 Å². The first-order chi connectivity index (χ1) is 11.5. The van der Waals surface area contributed by atoms with Crippen LogP contribution in [-0.2, 0) is 19.2 Å². The highest BCUT2D eigenvalue weighted by Crippen LogP contribution is 2.15. The number of rotatable bonds is 6. The molecule has 0 saturated heterocycles. The zero-order chi connectivity index (χ0) is 17.9. The topological polar surface area (TPSA) is 116 Å². The van der Waals surface area contributed by atoms with Gasteiger partial charge < -0.3 is 21.3 Å². The predicted molar refractivity (Wildman–Crippen MR) is 90.3 cm³/mol. The van der Waals surface area contributed by atoms with Crippen LogP contribution in [0.4, 0.5) is 11.4 Å². The van der Waals surface area contributed by atoms with Gasteiger partial charge in [0.25, 0.3) is 0 Å². The second-order valence-corrected chi connectivity index (χ2v) is 5.00. The monoisotopic (exact) mass is 334 g/mol. The average Bonchev–Trinajstić information content (AvgIpc) is 2.57. The van der Waals surface area contributed by atoms with E-state index < -0.39 is 23.6 Å². The Balaban J connectivity index is 2.63. The Bertz CT molecular complexity index is 567. The molecule has 1 rings (SSSR count). The molecule has 0 unspecified atom stereocenters. The van der Waals surface area contributed by atoms with Crippen LogP contribution in [-0.4, -0.2) is 36.7 Å². The van der Waals surface area contributed by atoms with Gasteiger partial charge >= 0.3 is 23.6 Å². The van der Waals surface area contributed by atoms with Gasteiger partial charge in [-0.05, 0) is 31.0 Å². The van der Waals surface area contributed by atoms with Crippen molar-refractivity contribution < 1.29 is 19.2 Å². The van der Waals surface area contributed by atoms with E-state index in [0.29, 0.717) is 24.5 Å². The van der Waals surface area contributed by atoms with E-state index in [2.05, 4.69) is 21.3 Å². The molecule has 8 heteroatoms. The van der Waals surface area contributed by atoms with Crippen LogP contribution in [0.2, 0.25) is 0 Å². The number of anilines is 2. The SMILES string of the molecule is CCCNC(=O)C(=O)Nc1cccc(NC(=O)C(=O)NCCC)c1. The maximum Gasteiger partial charge on any atom is 0.313 e. The number of amides is 4. The van der Waals surface area contributed by atoms with Crippen molar-refractivity contribution in [3.8, 4) is 0 Å². The quantitative estimate of drug-likeness (QED) is 0.570. The molecule has 0 fully saturated rings. The minimum Gasteiger partial charge on any atom is -0.348 e. The number of benzene rings is 1. The molecule has 0 saturated carbocycles. The summed E-state index contributed by atoms with van der Waals surface area (Å²) in [4.78, 5) is 46.4. The van der Waals surface area contributed by atoms with Gasteiger partial charge in [-0.15, -0.1) is 0 Å². The number of hydrogen-bond acceptors (Lipinski definition) is 4. The van der Waals surface area contributed by atoms with Crippen LogP contribution in [0, 0.1) is 0 Å². The molecule has 0 atom stereocenters. The van der Waals surface area contributed by atoms with Crippen molar-refractivity contribution in [2.24, 2.45) is 0 Å². The lowest BCUT2D eigenvalue weighted by atomic mass is 10.2. The largest absolute Gasteiger partial charge is 0.348 e. The third kappa shape index (κ3) is 6.47. The van der Waals surface area contributed by atoms with Crippen LogP contribution in [0.3, 0.4) is 0 Å². The van der Waals surface area contributed by atoms with E-state index >= 15 is 0 Å². The molecule has 130 valence electrons. The predicted octanol–water partition coefficient (Wildman–Crippen LogP) is 0.616. The van der Waals surface area contributed by atoms with E-state index in [1.165, 1.54) is 6.07 Å². The van der Waals surface area contributed by atoms with Crippen molar-refractivity contribution in [2.45, 2.75) is 26.7 Å². The molecule has 0 heterocycles. The Labute approximate surface area is 140 Å². The van der Waals surface area contributed by atoms with Gasteiger partial charge in [-0.1, -0.05) is 19.9 Å². The summed E-state index contributed by atoms with van der Waals surface area (Å²) in [6.45, 7) is 4.58. The zero-order valence-corrected chi connectivity index (χ0v) is 13.8. The minimum absolute atomic E-state index is 0.332. The van der Waals surface area contributed by atoms with E-state index in [-0.39, 0.29) is 0 Å². The number of carbonyl (C=O) groups is 4. The van der Waals surface area contributed by atoms with E-state index in [1.54, 1.807) is 18.2 Å². The summed E-state index contributed by atoms with van der Waals surface area (Å²) < 4.78 is 0. The van der Waals surface area contributed by atoms with Gasteiger partial charge in [-0.2, -0.15) is 0 Å². The number of nitrogens with one attached hydrogen (secondary N) is 4. The van der Waals surface area contributed by atoms with Crippen LogP contribution >= 0.6 is 0 Å². The summed E-state index contributed by atoms with van der Waals surface area (Å²) in [6.07, 6.45) is 1.45. The van der Waals surface area contributed by atoms with Gasteiger partial charge in [-0.3, -0.25) is 19.2 Å². The van der Waals surface area contributed by atoms with E-state index in [9.17, 15) is 19.2 Å². The van der Waals surface area contributed by atoms with Crippen LogP contribution in [0.5, 0.6) is 0 Å². The van der Waals surface area contributed by atoms with Crippen molar-refractivity contribution in [3.05, 3.63) is 24.3 Å². The molecule has 0 aliphatic heterocycles. The van der Waals surface area contributed by atoms with E-state index in [0.717, 1.165) is 12.8 Å². The summed E-state index contributed by atoms with van der Waals surface area (Å²) in [5.41, 5.74) is 0.664. The Hall–Kier alpha value is -2.90. The highest BCUT2D eigenvalue weighted by atomic mass is 16.2. The summed E-state index contributed by atoms with van der Waals surface area (Å²) in [5, 5.41) is 9.77. The Morgan fingerprint density at radius 1 is 0.750 bits per heavy atom. The van der Waals surface area contributed by atoms with Crippen molar-refractivity contribution in [2.75, 3.05) is 23.7 Å². The fraction of sp³-hybridized carbons (Fsp3) is 0.375. The summed E-state index contributed by atoms with van der Waals surface area (Å²) in [6, 6.07) is 6.17. The van der Waals surface area contributed by atoms with Gasteiger partial charge in [0.1, 0.15) is 0 Å². The fourth-order valence-electron chi connectivity index (χ4n) is 1.69. The van der Waals surface area contributed by atoms with Gasteiger partial charge in [0, 0.05) is 24.5 Å². The summed E-state index contributed by atoms with van der Waals surface area (Å²) in [5.74, 6) is -3.06. The van der Waals surface area contributed by atoms with E-state index in [1.807, 2.05) is 13.8 Å². The molecule has 0 aliphatic rings. The van der Waals surface area contributed by atoms with Crippen molar-refractivity contribution in [1.82, 2.24) is 10.6 Å². The first-order valence-electron chi connectivity index (χ1n) is 7.76. The van der Waals surface area contributed by atoms with Crippen LogP contribution < -0.4 is 21.3 Å². The molecule has 4 amide bonds. The first kappa shape index (κ1) is 19.1. The highest BCUT2D eigenvalue weighted by Gasteiger charge is 2.15. The molecule has 1 aromatic carbocycles. The Morgan fingerprint density at radius 3 is 1.54 bits per heavy atom. The molecule has 24 heavy (non-hydrogen) atoms. The normalized spacial score (nSPS) is 9.75. The Kier molecular flexibility index (Phi) is 7.97. The van der Waals surface area contributed by atoms with Gasteiger partial charge in [0.05, 0.1) is 0 Å². The average molecular weight is 334 g/mol. The molecule has 0 aliphatic carbocycles. The molecule has 0 spiro atoms. The lowest BCUT2D eigenvalue weighted by molar-refractivity contribution is -0.136. The third-order valence-electron chi connectivity index (χ3n) is 2.86. The smallest absolute Gasteiger partial charge is 0.313 e. The second-order valence-electron chi connectivity index (χ2n) is 5.00. The molecule has 0 radical (unpaired) electrons. The second kappa shape index (κ2) is 9.98. The minimum atomic E-state index is -0.799. The third-order valence-corrected chi connectivity index (χ3v) is 2.86. The van der Waals surface area contributed by atoms with Crippen LogP contribution in [0.25, 0.3) is 0 Å². The number of carbonyl (C=O) groups excluding carboxylic acids is 4. The molecule has 8 nitrogen and oxygen atoms in total. The zero-order valence-electron chi connectivity index (χ0n) is 13.8. The van der Waals surface area contributed by atoms with Crippen LogP contribution in [0.1, 0.15) is 26.7 Å². The highest BCUT2D eigenvalue weighted by molar-refractivity contribution is 6.40. The van der Waals surface area contributed by atoms with Crippen LogP contribution in [0.15, 0.2) is 24.3 Å². The van der Waals surface area contributed by atoms with Gasteiger partial charge in [0.2, 0.25) is 0 Å². The maximum absolute atomic E-state index is 11.7. The number of hydrogen-bond donors (Lipinski definition) is 4. The Morgan fingerprint density at radius 2 is 1.17 bits per heavy atom. The van der Waals surface area contributed by atoms with Crippen molar-refractivity contribution in [1.29, 1.82) is 0 Å². The molecule has 1 aromatic rings. The standard InChI is InChI=1S/C16H22N4O4/c1-3-8-17-13(21)15(23)19-11-6-5-7-12(10-11)20-16(24)14(22)18-9-4-2/h5-7,10H,3-4,8-9H2,1-2H3,(H,17,21)(H,18,22)(H,19,23)(H,20,24). The summed E-state index contributed by atoms with van der Waals surface area (Å²) >= 11 is 0.